The van der Waals surface area contributed by atoms with E-state index in [-0.39, 0.29) is 16.5 Å². The molecule has 5 heteroatoms. The zero-order chi connectivity index (χ0) is 11.7. The second-order valence-electron chi connectivity index (χ2n) is 3.99. The standard InChI is InChI=1S/C11H14N2O3/c1-16-10-4-2-3-8(11(10)13(14)15)9-5-7(9)6-12/h2-4,7,9H,5-6,12H2,1H3/t7-,9+/m0/s1. The Hall–Kier alpha value is -1.62. The van der Waals surface area contributed by atoms with E-state index in [1.807, 2.05) is 0 Å². The second kappa shape index (κ2) is 4.09. The van der Waals surface area contributed by atoms with E-state index in [4.69, 9.17) is 10.5 Å². The molecule has 0 aliphatic heterocycles. The molecule has 2 rings (SSSR count). The number of nitro groups is 1. The number of benzene rings is 1. The first-order valence-electron chi connectivity index (χ1n) is 5.20. The average molecular weight is 222 g/mol. The van der Waals surface area contributed by atoms with Crippen LogP contribution in [0.4, 0.5) is 5.69 Å². The summed E-state index contributed by atoms with van der Waals surface area (Å²) in [7, 11) is 1.44. The number of nitrogens with two attached hydrogens (primary N) is 1. The molecule has 0 amide bonds. The van der Waals surface area contributed by atoms with Crippen LogP contribution < -0.4 is 10.5 Å². The van der Waals surface area contributed by atoms with E-state index >= 15 is 0 Å². The fourth-order valence-electron chi connectivity index (χ4n) is 2.09. The molecule has 1 aliphatic carbocycles. The van der Waals surface area contributed by atoms with Gasteiger partial charge in [-0.25, -0.2) is 0 Å². The molecule has 2 N–H and O–H groups in total. The van der Waals surface area contributed by atoms with Crippen LogP contribution in [0.15, 0.2) is 18.2 Å². The molecule has 1 fully saturated rings. The van der Waals surface area contributed by atoms with Crippen molar-refractivity contribution in [3.05, 3.63) is 33.9 Å². The predicted octanol–water partition coefficient (Wildman–Crippen LogP) is 1.67. The summed E-state index contributed by atoms with van der Waals surface area (Å²) in [4.78, 5) is 10.6. The fraction of sp³-hybridized carbons (Fsp3) is 0.455. The van der Waals surface area contributed by atoms with Crippen molar-refractivity contribution < 1.29 is 9.66 Å². The van der Waals surface area contributed by atoms with E-state index in [0.717, 1.165) is 12.0 Å². The third-order valence-corrected chi connectivity index (χ3v) is 3.06. The Bertz CT molecular complexity index is 420. The van der Waals surface area contributed by atoms with Crippen LogP contribution in [0.25, 0.3) is 0 Å². The zero-order valence-electron chi connectivity index (χ0n) is 9.05. The third kappa shape index (κ3) is 1.74. The van der Waals surface area contributed by atoms with E-state index in [2.05, 4.69) is 0 Å². The first-order chi connectivity index (χ1) is 7.69. The van der Waals surface area contributed by atoms with Gasteiger partial charge >= 0.3 is 5.69 Å². The van der Waals surface area contributed by atoms with Gasteiger partial charge in [-0.15, -0.1) is 0 Å². The van der Waals surface area contributed by atoms with E-state index in [1.165, 1.54) is 7.11 Å². The molecule has 0 saturated heterocycles. The lowest BCUT2D eigenvalue weighted by Gasteiger charge is -2.06. The van der Waals surface area contributed by atoms with Crippen LogP contribution in [-0.2, 0) is 0 Å². The SMILES string of the molecule is COc1cccc([C@@H]2C[C@H]2CN)c1[N+](=O)[O-]. The summed E-state index contributed by atoms with van der Waals surface area (Å²) in [5.74, 6) is 0.927. The summed E-state index contributed by atoms with van der Waals surface area (Å²) < 4.78 is 5.02. The van der Waals surface area contributed by atoms with Crippen molar-refractivity contribution in [2.75, 3.05) is 13.7 Å². The molecule has 86 valence electrons. The molecule has 0 spiro atoms. The number of hydrogen-bond donors (Lipinski definition) is 1. The Balaban J connectivity index is 2.41. The van der Waals surface area contributed by atoms with Gasteiger partial charge in [0.2, 0.25) is 0 Å². The van der Waals surface area contributed by atoms with Gasteiger partial charge in [0.1, 0.15) is 0 Å². The summed E-state index contributed by atoms with van der Waals surface area (Å²) in [6.45, 7) is 0.582. The van der Waals surface area contributed by atoms with Crippen LogP contribution in [0, 0.1) is 16.0 Å². The number of hydrogen-bond acceptors (Lipinski definition) is 4. The normalized spacial score (nSPS) is 22.9. The number of rotatable bonds is 4. The quantitative estimate of drug-likeness (QED) is 0.620. The van der Waals surface area contributed by atoms with Crippen LogP contribution in [0.3, 0.4) is 0 Å². The molecule has 5 nitrogen and oxygen atoms in total. The largest absolute Gasteiger partial charge is 0.490 e. The molecule has 1 saturated carbocycles. The van der Waals surface area contributed by atoms with Crippen LogP contribution in [-0.4, -0.2) is 18.6 Å². The van der Waals surface area contributed by atoms with E-state index < -0.39 is 0 Å². The Morgan fingerprint density at radius 1 is 1.62 bits per heavy atom. The van der Waals surface area contributed by atoms with Crippen LogP contribution in [0.5, 0.6) is 5.75 Å². The van der Waals surface area contributed by atoms with Gasteiger partial charge in [-0.05, 0) is 30.9 Å². The maximum atomic E-state index is 11.0. The summed E-state index contributed by atoms with van der Waals surface area (Å²) in [6.07, 6.45) is 0.935. The van der Waals surface area contributed by atoms with E-state index in [9.17, 15) is 10.1 Å². The Kier molecular flexibility index (Phi) is 2.78. The number of nitrogens with zero attached hydrogens (tertiary/aromatic N) is 1. The molecule has 0 unspecified atom stereocenters. The molecular formula is C11H14N2O3. The first kappa shape index (κ1) is 10.9. The van der Waals surface area contributed by atoms with Crippen molar-refractivity contribution in [3.8, 4) is 5.75 Å². The highest BCUT2D eigenvalue weighted by Crippen LogP contribution is 2.51. The molecule has 1 aromatic rings. The van der Waals surface area contributed by atoms with E-state index in [1.54, 1.807) is 18.2 Å². The summed E-state index contributed by atoms with van der Waals surface area (Å²) in [6, 6.07) is 5.19. The smallest absolute Gasteiger partial charge is 0.314 e. The minimum atomic E-state index is -0.375. The fourth-order valence-corrected chi connectivity index (χ4v) is 2.09. The highest BCUT2D eigenvalue weighted by Gasteiger charge is 2.41. The van der Waals surface area contributed by atoms with Gasteiger partial charge in [-0.1, -0.05) is 12.1 Å². The van der Waals surface area contributed by atoms with Crippen molar-refractivity contribution in [2.24, 2.45) is 11.7 Å². The minimum absolute atomic E-state index is 0.0888. The van der Waals surface area contributed by atoms with Gasteiger partial charge in [0, 0.05) is 5.56 Å². The summed E-state index contributed by atoms with van der Waals surface area (Å²) >= 11 is 0. The van der Waals surface area contributed by atoms with Crippen molar-refractivity contribution in [2.45, 2.75) is 12.3 Å². The van der Waals surface area contributed by atoms with Crippen molar-refractivity contribution >= 4 is 5.69 Å². The topological polar surface area (TPSA) is 78.4 Å². The lowest BCUT2D eigenvalue weighted by atomic mass is 10.1. The zero-order valence-corrected chi connectivity index (χ0v) is 9.05. The monoisotopic (exact) mass is 222 g/mol. The Morgan fingerprint density at radius 3 is 2.88 bits per heavy atom. The van der Waals surface area contributed by atoms with Gasteiger partial charge in [-0.2, -0.15) is 0 Å². The number of methoxy groups -OCH3 is 1. The summed E-state index contributed by atoms with van der Waals surface area (Å²) in [5.41, 5.74) is 6.40. The third-order valence-electron chi connectivity index (χ3n) is 3.06. The molecule has 0 bridgehead atoms. The average Bonchev–Trinajstić information content (AvgIpc) is 3.06. The van der Waals surface area contributed by atoms with Gasteiger partial charge in [0.05, 0.1) is 12.0 Å². The van der Waals surface area contributed by atoms with Crippen molar-refractivity contribution in [3.63, 3.8) is 0 Å². The predicted molar refractivity (Wildman–Crippen MR) is 59.6 cm³/mol. The molecule has 0 heterocycles. The van der Waals surface area contributed by atoms with Crippen molar-refractivity contribution in [1.29, 1.82) is 0 Å². The number of ether oxygens (including phenoxy) is 1. The lowest BCUT2D eigenvalue weighted by molar-refractivity contribution is -0.386. The van der Waals surface area contributed by atoms with E-state index in [0.29, 0.717) is 18.2 Å². The van der Waals surface area contributed by atoms with Crippen LogP contribution in [0.1, 0.15) is 17.9 Å². The van der Waals surface area contributed by atoms with Gasteiger partial charge in [0.15, 0.2) is 5.75 Å². The molecule has 16 heavy (non-hydrogen) atoms. The number of para-hydroxylation sites is 1. The second-order valence-corrected chi connectivity index (χ2v) is 3.99. The number of nitro benzene ring substituents is 1. The molecule has 1 aromatic carbocycles. The Labute approximate surface area is 93.4 Å². The molecule has 2 atom stereocenters. The maximum absolute atomic E-state index is 11.0. The van der Waals surface area contributed by atoms with Crippen molar-refractivity contribution in [1.82, 2.24) is 0 Å². The molecular weight excluding hydrogens is 208 g/mol. The summed E-state index contributed by atoms with van der Waals surface area (Å²) in [5, 5.41) is 11.0. The lowest BCUT2D eigenvalue weighted by Crippen LogP contribution is -2.03. The molecule has 1 aliphatic rings. The Morgan fingerprint density at radius 2 is 2.38 bits per heavy atom. The van der Waals surface area contributed by atoms with Crippen LogP contribution >= 0.6 is 0 Å². The maximum Gasteiger partial charge on any atom is 0.314 e. The first-order valence-corrected chi connectivity index (χ1v) is 5.20. The highest BCUT2D eigenvalue weighted by atomic mass is 16.6. The van der Waals surface area contributed by atoms with Crippen LogP contribution in [0.2, 0.25) is 0 Å². The molecule has 0 radical (unpaired) electrons. The van der Waals surface area contributed by atoms with Gasteiger partial charge in [-0.3, -0.25) is 10.1 Å². The van der Waals surface area contributed by atoms with Gasteiger partial charge in [0.25, 0.3) is 0 Å². The molecule has 0 aromatic heterocycles. The van der Waals surface area contributed by atoms with Gasteiger partial charge < -0.3 is 10.5 Å². The minimum Gasteiger partial charge on any atom is -0.490 e. The highest BCUT2D eigenvalue weighted by molar-refractivity contribution is 5.55.